The highest BCUT2D eigenvalue weighted by atomic mass is 79.9. The van der Waals surface area contributed by atoms with Gasteiger partial charge < -0.3 is 16.3 Å². The summed E-state index contributed by atoms with van der Waals surface area (Å²) >= 11 is 3.17. The second-order valence-corrected chi connectivity index (χ2v) is 5.23. The van der Waals surface area contributed by atoms with Crippen molar-refractivity contribution in [2.45, 2.75) is 6.54 Å². The zero-order valence-electron chi connectivity index (χ0n) is 10.8. The number of oxime groups is 1. The minimum Gasteiger partial charge on any atom is -0.409 e. The molecule has 0 radical (unpaired) electrons. The molecule has 7 heteroatoms. The zero-order chi connectivity index (χ0) is 15.4. The van der Waals surface area contributed by atoms with E-state index in [0.29, 0.717) is 15.7 Å². The van der Waals surface area contributed by atoms with E-state index in [4.69, 9.17) is 10.9 Å². The summed E-state index contributed by atoms with van der Waals surface area (Å²) in [6.07, 6.45) is 0. The van der Waals surface area contributed by atoms with Gasteiger partial charge in [-0.15, -0.1) is 0 Å². The van der Waals surface area contributed by atoms with Gasteiger partial charge in [0.25, 0.3) is 0 Å². The van der Waals surface area contributed by atoms with E-state index in [-0.39, 0.29) is 17.9 Å². The molecule has 0 saturated carbocycles. The molecule has 4 N–H and O–H groups in total. The first-order valence-electron chi connectivity index (χ1n) is 5.96. The standard InChI is InChI=1S/C14H12BrF2N3O/c15-10-1-2-13(12(17)6-10)19-7-8-3-9(14(18)20-21)5-11(16)4-8/h1-6,19,21H,7H2,(H2,18,20). The molecule has 110 valence electrons. The Kier molecular flexibility index (Phi) is 4.74. The van der Waals surface area contributed by atoms with Crippen LogP contribution in [-0.4, -0.2) is 11.0 Å². The molecule has 0 saturated heterocycles. The number of nitrogens with two attached hydrogens (primary N) is 1. The fraction of sp³-hybridized carbons (Fsp3) is 0.0714. The number of amidine groups is 1. The number of rotatable bonds is 4. The van der Waals surface area contributed by atoms with E-state index in [9.17, 15) is 8.78 Å². The first-order chi connectivity index (χ1) is 9.99. The van der Waals surface area contributed by atoms with E-state index < -0.39 is 11.6 Å². The van der Waals surface area contributed by atoms with E-state index in [1.165, 1.54) is 12.1 Å². The normalized spacial score (nSPS) is 11.5. The molecule has 0 spiro atoms. The lowest BCUT2D eigenvalue weighted by molar-refractivity contribution is 0.318. The Bertz CT molecular complexity index is 692. The van der Waals surface area contributed by atoms with Crippen LogP contribution in [0.15, 0.2) is 46.0 Å². The summed E-state index contributed by atoms with van der Waals surface area (Å²) < 4.78 is 27.8. The van der Waals surface area contributed by atoms with Crippen LogP contribution in [0.3, 0.4) is 0 Å². The summed E-state index contributed by atoms with van der Waals surface area (Å²) in [5.74, 6) is -1.13. The molecule has 0 fully saturated rings. The molecule has 0 amide bonds. The van der Waals surface area contributed by atoms with Gasteiger partial charge in [0.2, 0.25) is 0 Å². The van der Waals surface area contributed by atoms with Gasteiger partial charge in [-0.1, -0.05) is 21.1 Å². The third-order valence-corrected chi connectivity index (χ3v) is 3.27. The number of hydrogen-bond donors (Lipinski definition) is 3. The number of halogens is 3. The molecular formula is C14H12BrF2N3O. The average Bonchev–Trinajstić information content (AvgIpc) is 2.45. The van der Waals surface area contributed by atoms with Gasteiger partial charge in [-0.3, -0.25) is 0 Å². The molecule has 0 atom stereocenters. The Hall–Kier alpha value is -2.15. The second-order valence-electron chi connectivity index (χ2n) is 4.31. The predicted octanol–water partition coefficient (Wildman–Crippen LogP) is 3.43. The fourth-order valence-electron chi connectivity index (χ4n) is 1.79. The SMILES string of the molecule is N/C(=N/O)c1cc(F)cc(CNc2ccc(Br)cc2F)c1. The minimum absolute atomic E-state index is 0.189. The van der Waals surface area contributed by atoms with Crippen LogP contribution in [-0.2, 0) is 6.54 Å². The summed E-state index contributed by atoms with van der Waals surface area (Å²) in [5.41, 5.74) is 6.52. The first kappa shape index (κ1) is 15.2. The summed E-state index contributed by atoms with van der Waals surface area (Å²) in [6, 6.07) is 8.59. The molecule has 21 heavy (non-hydrogen) atoms. The van der Waals surface area contributed by atoms with E-state index in [1.54, 1.807) is 18.2 Å². The van der Waals surface area contributed by atoms with Crippen LogP contribution in [0.5, 0.6) is 0 Å². The predicted molar refractivity (Wildman–Crippen MR) is 80.3 cm³/mol. The number of benzene rings is 2. The van der Waals surface area contributed by atoms with Gasteiger partial charge in [0.15, 0.2) is 5.84 Å². The Morgan fingerprint density at radius 1 is 1.24 bits per heavy atom. The van der Waals surface area contributed by atoms with Crippen molar-refractivity contribution in [3.63, 3.8) is 0 Å². The van der Waals surface area contributed by atoms with Gasteiger partial charge in [-0.25, -0.2) is 8.78 Å². The summed E-state index contributed by atoms with van der Waals surface area (Å²) in [6.45, 7) is 0.196. The lowest BCUT2D eigenvalue weighted by Crippen LogP contribution is -2.14. The van der Waals surface area contributed by atoms with Crippen molar-refractivity contribution in [2.75, 3.05) is 5.32 Å². The largest absolute Gasteiger partial charge is 0.409 e. The number of nitrogens with one attached hydrogen (secondary N) is 1. The van der Waals surface area contributed by atoms with Gasteiger partial charge in [0.1, 0.15) is 11.6 Å². The Labute approximate surface area is 128 Å². The fourth-order valence-corrected chi connectivity index (χ4v) is 2.12. The van der Waals surface area contributed by atoms with Crippen molar-refractivity contribution in [3.05, 3.63) is 63.6 Å². The molecule has 2 rings (SSSR count). The van der Waals surface area contributed by atoms with E-state index in [0.717, 1.165) is 6.07 Å². The van der Waals surface area contributed by atoms with Crippen molar-refractivity contribution in [2.24, 2.45) is 10.9 Å². The average molecular weight is 356 g/mol. The summed E-state index contributed by atoms with van der Waals surface area (Å²) in [7, 11) is 0. The minimum atomic E-state index is -0.521. The molecule has 2 aromatic rings. The topological polar surface area (TPSA) is 70.6 Å². The molecule has 0 aromatic heterocycles. The summed E-state index contributed by atoms with van der Waals surface area (Å²) in [5, 5.41) is 14.3. The molecule has 0 bridgehead atoms. The molecule has 4 nitrogen and oxygen atoms in total. The van der Waals surface area contributed by atoms with E-state index >= 15 is 0 Å². The highest BCUT2D eigenvalue weighted by Gasteiger charge is 2.06. The molecule has 0 unspecified atom stereocenters. The van der Waals surface area contributed by atoms with Gasteiger partial charge in [-0.05, 0) is 42.0 Å². The van der Waals surface area contributed by atoms with Gasteiger partial charge in [0, 0.05) is 16.6 Å². The van der Waals surface area contributed by atoms with Crippen molar-refractivity contribution in [1.29, 1.82) is 0 Å². The number of hydrogen-bond acceptors (Lipinski definition) is 3. The second kappa shape index (κ2) is 6.53. The van der Waals surface area contributed by atoms with Gasteiger partial charge in [-0.2, -0.15) is 0 Å². The van der Waals surface area contributed by atoms with Crippen molar-refractivity contribution >= 4 is 27.5 Å². The van der Waals surface area contributed by atoms with E-state index in [2.05, 4.69) is 26.4 Å². The molecule has 2 aromatic carbocycles. The molecule has 0 aliphatic rings. The Morgan fingerprint density at radius 3 is 2.67 bits per heavy atom. The van der Waals surface area contributed by atoms with Crippen LogP contribution in [0.25, 0.3) is 0 Å². The van der Waals surface area contributed by atoms with Crippen LogP contribution >= 0.6 is 15.9 Å². The van der Waals surface area contributed by atoms with E-state index in [1.807, 2.05) is 0 Å². The van der Waals surface area contributed by atoms with Crippen LogP contribution in [0.4, 0.5) is 14.5 Å². The molecule has 0 aliphatic carbocycles. The number of nitrogens with zero attached hydrogens (tertiary/aromatic N) is 1. The van der Waals surface area contributed by atoms with Crippen LogP contribution in [0.1, 0.15) is 11.1 Å². The van der Waals surface area contributed by atoms with Crippen LogP contribution < -0.4 is 11.1 Å². The Morgan fingerprint density at radius 2 is 2.00 bits per heavy atom. The first-order valence-corrected chi connectivity index (χ1v) is 6.75. The maximum Gasteiger partial charge on any atom is 0.170 e. The summed E-state index contributed by atoms with van der Waals surface area (Å²) in [4.78, 5) is 0. The monoisotopic (exact) mass is 355 g/mol. The lowest BCUT2D eigenvalue weighted by atomic mass is 10.1. The smallest absolute Gasteiger partial charge is 0.170 e. The third-order valence-electron chi connectivity index (χ3n) is 2.78. The molecular weight excluding hydrogens is 344 g/mol. The highest BCUT2D eigenvalue weighted by Crippen LogP contribution is 2.20. The lowest BCUT2D eigenvalue weighted by Gasteiger charge is -2.09. The maximum atomic E-state index is 13.7. The van der Waals surface area contributed by atoms with Gasteiger partial charge in [0.05, 0.1) is 5.69 Å². The van der Waals surface area contributed by atoms with Crippen LogP contribution in [0.2, 0.25) is 0 Å². The van der Waals surface area contributed by atoms with Crippen molar-refractivity contribution < 1.29 is 14.0 Å². The molecule has 0 heterocycles. The number of anilines is 1. The third kappa shape index (κ3) is 3.91. The van der Waals surface area contributed by atoms with Crippen LogP contribution in [0, 0.1) is 11.6 Å². The van der Waals surface area contributed by atoms with Crippen molar-refractivity contribution in [1.82, 2.24) is 0 Å². The molecule has 0 aliphatic heterocycles. The highest BCUT2D eigenvalue weighted by molar-refractivity contribution is 9.10. The quantitative estimate of drug-likeness (QED) is 0.340. The Balaban J connectivity index is 2.18. The van der Waals surface area contributed by atoms with Gasteiger partial charge >= 0.3 is 0 Å². The van der Waals surface area contributed by atoms with Crippen molar-refractivity contribution in [3.8, 4) is 0 Å². The maximum absolute atomic E-state index is 13.7. The zero-order valence-corrected chi connectivity index (χ0v) is 12.4.